The molecule has 0 amide bonds. The van der Waals surface area contributed by atoms with E-state index in [1.165, 1.54) is 0 Å². The van der Waals surface area contributed by atoms with E-state index in [0.717, 1.165) is 0 Å². The molecule has 0 aromatic heterocycles. The Morgan fingerprint density at radius 1 is 0.786 bits per heavy atom. The van der Waals surface area contributed by atoms with Gasteiger partial charge in [0.2, 0.25) is 0 Å². The number of nitrogens with zero attached hydrogens (tertiary/aromatic N) is 3. The third-order valence-corrected chi connectivity index (χ3v) is 2.06. The molecule has 0 saturated heterocycles. The van der Waals surface area contributed by atoms with Gasteiger partial charge in [0, 0.05) is 0 Å². The molecule has 0 aliphatic carbocycles. The van der Waals surface area contributed by atoms with Crippen LogP contribution in [0.15, 0.2) is 0 Å². The van der Waals surface area contributed by atoms with Gasteiger partial charge in [-0.25, -0.2) is 0 Å². The van der Waals surface area contributed by atoms with E-state index < -0.39 is 30.3 Å². The second-order valence-corrected chi connectivity index (χ2v) is 3.52. The zero-order valence-electron chi connectivity index (χ0n) is 5.87. The van der Waals surface area contributed by atoms with Crippen molar-refractivity contribution in [3.8, 4) is 0 Å². The van der Waals surface area contributed by atoms with Crippen LogP contribution in [0.5, 0.6) is 0 Å². The summed E-state index contributed by atoms with van der Waals surface area (Å²) in [5.74, 6) is 0. The monoisotopic (exact) mass is 253 g/mol. The van der Waals surface area contributed by atoms with E-state index in [9.17, 15) is 34.0 Å². The first-order valence-corrected chi connectivity index (χ1v) is 4.65. The van der Waals surface area contributed by atoms with E-state index in [2.05, 4.69) is 11.3 Å². The van der Waals surface area contributed by atoms with Gasteiger partial charge in [-0.1, -0.05) is 0 Å². The summed E-state index contributed by atoms with van der Waals surface area (Å²) in [6.45, 7) is 0. The van der Waals surface area contributed by atoms with Crippen molar-refractivity contribution in [2.24, 2.45) is 0 Å². The molecule has 0 saturated carbocycles. The number of hydrogen-bond donors (Lipinski definition) is 0. The summed E-state index contributed by atoms with van der Waals surface area (Å²) < 4.78 is 19.9. The van der Waals surface area contributed by atoms with E-state index in [1.807, 2.05) is 0 Å². The topological polar surface area (TPSA) is 174 Å². The summed E-state index contributed by atoms with van der Waals surface area (Å²) in [6.07, 6.45) is 0. The molecule has 0 aliphatic rings. The van der Waals surface area contributed by atoms with Crippen LogP contribution in [0.1, 0.15) is 0 Å². The van der Waals surface area contributed by atoms with Crippen LogP contribution in [0.25, 0.3) is 0 Å². The average Bonchev–Trinajstić information content (AvgIpc) is 1.76. The van der Waals surface area contributed by atoms with Crippen molar-refractivity contribution in [1.82, 2.24) is 0 Å². The van der Waals surface area contributed by atoms with Crippen LogP contribution < -0.4 is 0 Å². The zero-order valence-corrected chi connectivity index (χ0v) is 7.27. The summed E-state index contributed by atoms with van der Waals surface area (Å²) in [4.78, 5) is 28.8. The number of rotatable bonds is 6. The van der Waals surface area contributed by atoms with Gasteiger partial charge in [0.15, 0.2) is 0 Å². The molecule has 0 aromatic carbocycles. The molecule has 0 spiro atoms. The number of hydrogen-bond acceptors (Lipinski definition) is 10. The van der Waals surface area contributed by atoms with Crippen LogP contribution in [0.4, 0.5) is 0 Å². The van der Waals surface area contributed by atoms with E-state index in [0.29, 0.717) is 0 Å². The molecule has 14 heavy (non-hydrogen) atoms. The van der Waals surface area contributed by atoms with Crippen LogP contribution in [-0.2, 0) is 30.0 Å². The van der Waals surface area contributed by atoms with Crippen molar-refractivity contribution < 1.29 is 45.2 Å². The maximum atomic E-state index is 10.7. The SMILES string of the molecule is O=[N+]([O-])[O][V](=[O])([O][N+](=O)[O-])[O][N+](=O)[O-]. The summed E-state index contributed by atoms with van der Waals surface area (Å²) in [5.41, 5.74) is 0. The molecule has 0 aliphatic heterocycles. The van der Waals surface area contributed by atoms with Crippen LogP contribution in [-0.4, -0.2) is 15.3 Å². The first kappa shape index (κ1) is 12.0. The molecule has 14 heteroatoms. The molecular formula is N3O10V. The van der Waals surface area contributed by atoms with Crippen LogP contribution in [0, 0.1) is 30.3 Å². The van der Waals surface area contributed by atoms with Gasteiger partial charge < -0.3 is 0 Å². The second-order valence-electron chi connectivity index (χ2n) is 1.36. The molecular weight excluding hydrogens is 253 g/mol. The fraction of sp³-hybridized carbons (Fsp3) is 0. The zero-order chi connectivity index (χ0) is 11.4. The van der Waals surface area contributed by atoms with Crippen LogP contribution in [0.2, 0.25) is 0 Å². The van der Waals surface area contributed by atoms with Crippen molar-refractivity contribution >= 4 is 0 Å². The van der Waals surface area contributed by atoms with Crippen molar-refractivity contribution in [1.29, 1.82) is 0 Å². The maximum absolute atomic E-state index is 10.7. The minimum absolute atomic E-state index is 1.77. The van der Waals surface area contributed by atoms with Crippen LogP contribution >= 0.6 is 0 Å². The van der Waals surface area contributed by atoms with Crippen molar-refractivity contribution in [3.05, 3.63) is 30.3 Å². The molecule has 0 unspecified atom stereocenters. The van der Waals surface area contributed by atoms with Crippen molar-refractivity contribution in [3.63, 3.8) is 0 Å². The molecule has 0 rings (SSSR count). The normalized spacial score (nSPS) is 10.0. The quantitative estimate of drug-likeness (QED) is 0.415. The van der Waals surface area contributed by atoms with Gasteiger partial charge in [-0.3, -0.25) is 0 Å². The third-order valence-electron chi connectivity index (χ3n) is 0.500. The third kappa shape index (κ3) is 4.78. The Morgan fingerprint density at radius 2 is 1.00 bits per heavy atom. The Bertz CT molecular complexity index is 257. The van der Waals surface area contributed by atoms with E-state index in [-0.39, 0.29) is 0 Å². The predicted molar refractivity (Wildman–Crippen MR) is 24.9 cm³/mol. The van der Waals surface area contributed by atoms with E-state index >= 15 is 0 Å². The Labute approximate surface area is 76.4 Å². The first-order chi connectivity index (χ1) is 6.25. The Balaban J connectivity index is 4.66. The van der Waals surface area contributed by atoms with E-state index in [4.69, 9.17) is 0 Å². The Kier molecular flexibility index (Phi) is 3.67. The molecule has 0 heterocycles. The summed E-state index contributed by atoms with van der Waals surface area (Å²) >= 11 is -6.14. The molecule has 13 nitrogen and oxygen atoms in total. The minimum atomic E-state index is -6.14. The predicted octanol–water partition coefficient (Wildman–Crippen LogP) is -1.14. The second kappa shape index (κ2) is 4.29. The summed E-state index contributed by atoms with van der Waals surface area (Å²) in [6, 6.07) is 0. The van der Waals surface area contributed by atoms with Crippen LogP contribution in [0.3, 0.4) is 0 Å². The van der Waals surface area contributed by atoms with Crippen molar-refractivity contribution in [2.75, 3.05) is 0 Å². The fourth-order valence-corrected chi connectivity index (χ4v) is 1.19. The van der Waals surface area contributed by atoms with Gasteiger partial charge in [-0.15, -0.1) is 0 Å². The van der Waals surface area contributed by atoms with E-state index in [1.54, 1.807) is 0 Å². The molecule has 0 bridgehead atoms. The summed E-state index contributed by atoms with van der Waals surface area (Å²) in [7, 11) is 0. The van der Waals surface area contributed by atoms with Gasteiger partial charge in [0.25, 0.3) is 0 Å². The summed E-state index contributed by atoms with van der Waals surface area (Å²) in [5, 5.41) is 23.5. The molecule has 0 N–H and O–H groups in total. The van der Waals surface area contributed by atoms with Gasteiger partial charge in [0.05, 0.1) is 0 Å². The van der Waals surface area contributed by atoms with Crippen molar-refractivity contribution in [2.45, 2.75) is 0 Å². The van der Waals surface area contributed by atoms with Gasteiger partial charge in [-0.2, -0.15) is 0 Å². The molecule has 0 fully saturated rings. The fourth-order valence-electron chi connectivity index (χ4n) is 0.290. The Hall–Kier alpha value is -2.02. The van der Waals surface area contributed by atoms with Gasteiger partial charge in [-0.05, 0) is 0 Å². The standard InChI is InChI=1S/3NO3.O.V/c3*2-1(3)4;;/q3*-1;;+3. The van der Waals surface area contributed by atoms with Gasteiger partial charge >= 0.3 is 75.6 Å². The molecule has 80 valence electrons. The molecule has 0 radical (unpaired) electrons. The Morgan fingerprint density at radius 3 is 1.14 bits per heavy atom. The van der Waals surface area contributed by atoms with Gasteiger partial charge in [0.1, 0.15) is 0 Å². The first-order valence-electron chi connectivity index (χ1n) is 2.37. The molecule has 0 aromatic rings. The average molecular weight is 253 g/mol. The molecule has 0 atom stereocenters.